The predicted octanol–water partition coefficient (Wildman–Crippen LogP) is 3.53. The number of hydrogen-bond acceptors (Lipinski definition) is 3. The van der Waals surface area contributed by atoms with Gasteiger partial charge in [0.1, 0.15) is 0 Å². The summed E-state index contributed by atoms with van der Waals surface area (Å²) in [6.07, 6.45) is 7.92. The Kier molecular flexibility index (Phi) is 5.74. The summed E-state index contributed by atoms with van der Waals surface area (Å²) in [6, 6.07) is 4.26. The normalized spacial score (nSPS) is 11.1. The average Bonchev–Trinajstić information content (AvgIpc) is 2.88. The second-order valence-electron chi connectivity index (χ2n) is 4.17. The highest BCUT2D eigenvalue weighted by atomic mass is 15.2. The van der Waals surface area contributed by atoms with Crippen LogP contribution in [-0.2, 0) is 7.05 Å². The fraction of sp³-hybridized carbons (Fsp3) is 0.400. The lowest BCUT2D eigenvalue weighted by molar-refractivity contribution is 0.768. The van der Waals surface area contributed by atoms with Gasteiger partial charge in [-0.3, -0.25) is 9.67 Å². The monoisotopic (exact) mass is 256 g/mol. The SMILES string of the molecule is CC.CC(CC#N)c1cncc(-c2cnn(C)c2)c1. The van der Waals surface area contributed by atoms with Gasteiger partial charge in [-0.05, 0) is 17.5 Å². The molecule has 2 heterocycles. The lowest BCUT2D eigenvalue weighted by Crippen LogP contribution is -1.93. The Balaban J connectivity index is 0.000000861. The zero-order valence-corrected chi connectivity index (χ0v) is 12.0. The summed E-state index contributed by atoms with van der Waals surface area (Å²) in [4.78, 5) is 4.23. The molecular formula is C15H20N4. The predicted molar refractivity (Wildman–Crippen MR) is 76.4 cm³/mol. The third-order valence-corrected chi connectivity index (χ3v) is 2.76. The summed E-state index contributed by atoms with van der Waals surface area (Å²) in [5.41, 5.74) is 3.18. The fourth-order valence-electron chi connectivity index (χ4n) is 1.71. The summed E-state index contributed by atoms with van der Waals surface area (Å²) in [5.74, 6) is 0.212. The van der Waals surface area contributed by atoms with Crippen molar-refractivity contribution < 1.29 is 0 Å². The molecule has 0 radical (unpaired) electrons. The minimum Gasteiger partial charge on any atom is -0.275 e. The molecule has 4 nitrogen and oxygen atoms in total. The number of pyridine rings is 1. The van der Waals surface area contributed by atoms with Gasteiger partial charge in [-0.25, -0.2) is 0 Å². The number of nitrogens with zero attached hydrogens (tertiary/aromatic N) is 4. The third-order valence-electron chi connectivity index (χ3n) is 2.76. The lowest BCUT2D eigenvalue weighted by Gasteiger charge is -2.08. The molecule has 2 aromatic rings. The molecule has 0 bridgehead atoms. The molecule has 2 rings (SSSR count). The van der Waals surface area contributed by atoms with Crippen LogP contribution in [0.25, 0.3) is 11.1 Å². The van der Waals surface area contributed by atoms with Crippen molar-refractivity contribution in [3.63, 3.8) is 0 Å². The maximum Gasteiger partial charge on any atom is 0.0628 e. The first-order valence-electron chi connectivity index (χ1n) is 6.51. The van der Waals surface area contributed by atoms with Crippen LogP contribution in [0, 0.1) is 11.3 Å². The van der Waals surface area contributed by atoms with Crippen LogP contribution in [0.4, 0.5) is 0 Å². The van der Waals surface area contributed by atoms with Gasteiger partial charge in [-0.1, -0.05) is 20.8 Å². The highest BCUT2D eigenvalue weighted by Crippen LogP contribution is 2.23. The molecule has 1 atom stereocenters. The molecule has 0 saturated carbocycles. The topological polar surface area (TPSA) is 54.5 Å². The van der Waals surface area contributed by atoms with E-state index in [1.807, 2.05) is 52.6 Å². The maximum absolute atomic E-state index is 8.70. The second-order valence-corrected chi connectivity index (χ2v) is 4.17. The van der Waals surface area contributed by atoms with Crippen LogP contribution in [0.15, 0.2) is 30.9 Å². The van der Waals surface area contributed by atoms with Gasteiger partial charge < -0.3 is 0 Å². The van der Waals surface area contributed by atoms with Crippen LogP contribution in [0.5, 0.6) is 0 Å². The van der Waals surface area contributed by atoms with Gasteiger partial charge in [-0.2, -0.15) is 10.4 Å². The van der Waals surface area contributed by atoms with Crippen LogP contribution in [-0.4, -0.2) is 14.8 Å². The van der Waals surface area contributed by atoms with Crippen molar-refractivity contribution in [3.05, 3.63) is 36.4 Å². The van der Waals surface area contributed by atoms with E-state index in [9.17, 15) is 0 Å². The van der Waals surface area contributed by atoms with Crippen LogP contribution in [0.1, 0.15) is 38.7 Å². The van der Waals surface area contributed by atoms with Gasteiger partial charge in [0.05, 0.1) is 12.3 Å². The summed E-state index contributed by atoms with van der Waals surface area (Å²) in [7, 11) is 1.89. The van der Waals surface area contributed by atoms with Gasteiger partial charge >= 0.3 is 0 Å². The zero-order valence-electron chi connectivity index (χ0n) is 12.0. The second kappa shape index (κ2) is 7.32. The van der Waals surface area contributed by atoms with E-state index >= 15 is 0 Å². The van der Waals surface area contributed by atoms with E-state index in [2.05, 4.69) is 22.2 Å². The van der Waals surface area contributed by atoms with Crippen molar-refractivity contribution in [2.75, 3.05) is 0 Å². The molecule has 0 N–H and O–H groups in total. The molecule has 0 aliphatic heterocycles. The molecule has 19 heavy (non-hydrogen) atoms. The Morgan fingerprint density at radius 1 is 1.26 bits per heavy atom. The smallest absolute Gasteiger partial charge is 0.0628 e. The molecule has 0 saturated heterocycles. The Labute approximate surface area is 114 Å². The summed E-state index contributed by atoms with van der Waals surface area (Å²) < 4.78 is 1.76. The Bertz CT molecular complexity index is 551. The largest absolute Gasteiger partial charge is 0.275 e. The van der Waals surface area contributed by atoms with E-state index in [0.717, 1.165) is 16.7 Å². The first kappa shape index (κ1) is 14.9. The Morgan fingerprint density at radius 2 is 2.00 bits per heavy atom. The standard InChI is InChI=1S/C13H14N4.C2H6/c1-10(3-4-14)11-5-12(7-15-6-11)13-8-16-17(2)9-13;1-2/h5-10H,3H2,1-2H3;1-2H3. The van der Waals surface area contributed by atoms with Crippen LogP contribution >= 0.6 is 0 Å². The van der Waals surface area contributed by atoms with E-state index in [-0.39, 0.29) is 5.92 Å². The van der Waals surface area contributed by atoms with Gasteiger partial charge in [0.25, 0.3) is 0 Å². The minimum atomic E-state index is 0.212. The quantitative estimate of drug-likeness (QED) is 0.844. The molecule has 4 heteroatoms. The zero-order chi connectivity index (χ0) is 14.3. The number of aromatic nitrogens is 3. The molecule has 0 amide bonds. The highest BCUT2D eigenvalue weighted by molar-refractivity contribution is 5.61. The van der Waals surface area contributed by atoms with E-state index in [4.69, 9.17) is 5.26 Å². The molecule has 0 aliphatic carbocycles. The van der Waals surface area contributed by atoms with E-state index in [0.29, 0.717) is 6.42 Å². The Morgan fingerprint density at radius 3 is 2.58 bits per heavy atom. The maximum atomic E-state index is 8.70. The van der Waals surface area contributed by atoms with Crippen molar-refractivity contribution in [1.29, 1.82) is 5.26 Å². The van der Waals surface area contributed by atoms with Gasteiger partial charge in [0, 0.05) is 43.2 Å². The molecule has 0 aromatic carbocycles. The van der Waals surface area contributed by atoms with Gasteiger partial charge in [-0.15, -0.1) is 0 Å². The number of rotatable bonds is 3. The summed E-state index contributed by atoms with van der Waals surface area (Å²) >= 11 is 0. The highest BCUT2D eigenvalue weighted by Gasteiger charge is 2.08. The Hall–Kier alpha value is -2.15. The molecule has 0 fully saturated rings. The summed E-state index contributed by atoms with van der Waals surface area (Å²) in [6.45, 7) is 6.03. The number of nitriles is 1. The number of hydrogen-bond donors (Lipinski definition) is 0. The van der Waals surface area contributed by atoms with Crippen molar-refractivity contribution in [2.24, 2.45) is 7.05 Å². The first-order chi connectivity index (χ1) is 9.20. The fourth-order valence-corrected chi connectivity index (χ4v) is 1.71. The minimum absolute atomic E-state index is 0.212. The van der Waals surface area contributed by atoms with Crippen LogP contribution < -0.4 is 0 Å². The average molecular weight is 256 g/mol. The summed E-state index contributed by atoms with van der Waals surface area (Å²) in [5, 5.41) is 12.8. The molecule has 100 valence electrons. The molecule has 2 aromatic heterocycles. The van der Waals surface area contributed by atoms with Crippen molar-refractivity contribution in [3.8, 4) is 17.2 Å². The van der Waals surface area contributed by atoms with Gasteiger partial charge in [0.2, 0.25) is 0 Å². The molecular weight excluding hydrogens is 236 g/mol. The van der Waals surface area contributed by atoms with Crippen LogP contribution in [0.2, 0.25) is 0 Å². The van der Waals surface area contributed by atoms with Crippen LogP contribution in [0.3, 0.4) is 0 Å². The number of aryl methyl sites for hydroxylation is 1. The van der Waals surface area contributed by atoms with Crippen molar-refractivity contribution in [1.82, 2.24) is 14.8 Å². The molecule has 0 aliphatic rings. The van der Waals surface area contributed by atoms with Gasteiger partial charge in [0.15, 0.2) is 0 Å². The van der Waals surface area contributed by atoms with E-state index in [1.165, 1.54) is 0 Å². The molecule has 0 spiro atoms. The lowest BCUT2D eigenvalue weighted by atomic mass is 9.98. The van der Waals surface area contributed by atoms with E-state index in [1.54, 1.807) is 4.68 Å². The van der Waals surface area contributed by atoms with Crippen molar-refractivity contribution >= 4 is 0 Å². The first-order valence-corrected chi connectivity index (χ1v) is 6.51. The third kappa shape index (κ3) is 3.92. The van der Waals surface area contributed by atoms with E-state index < -0.39 is 0 Å². The molecule has 1 unspecified atom stereocenters. The van der Waals surface area contributed by atoms with Crippen molar-refractivity contribution in [2.45, 2.75) is 33.1 Å².